The average molecular weight is 297 g/mol. The van der Waals surface area contributed by atoms with E-state index < -0.39 is 0 Å². The fraction of sp³-hybridized carbons (Fsp3) is 0.250. The molecule has 84 valence electrons. The highest BCUT2D eigenvalue weighted by molar-refractivity contribution is 9.10. The van der Waals surface area contributed by atoms with Crippen LogP contribution in [0.1, 0.15) is 11.1 Å². The second-order valence-corrected chi connectivity index (χ2v) is 5.51. The van der Waals surface area contributed by atoms with Crippen LogP contribution in [-0.4, -0.2) is 11.0 Å². The minimum atomic E-state index is 0.158. The molecule has 0 spiro atoms. The molecule has 1 unspecified atom stereocenters. The normalized spacial score (nSPS) is 12.6. The van der Waals surface area contributed by atoms with Gasteiger partial charge in [-0.2, -0.15) is 11.3 Å². The molecule has 0 bridgehead atoms. The van der Waals surface area contributed by atoms with E-state index in [1.54, 1.807) is 17.5 Å². The molecule has 4 heteroatoms. The lowest BCUT2D eigenvalue weighted by molar-refractivity contribution is 0.664. The van der Waals surface area contributed by atoms with Crippen molar-refractivity contribution in [2.75, 3.05) is 0 Å². The van der Waals surface area contributed by atoms with Crippen molar-refractivity contribution in [3.05, 3.63) is 50.9 Å². The number of rotatable bonds is 4. The number of nitrogens with zero attached hydrogens (tertiary/aromatic N) is 1. The first-order chi connectivity index (χ1) is 7.74. The van der Waals surface area contributed by atoms with E-state index in [-0.39, 0.29) is 6.04 Å². The van der Waals surface area contributed by atoms with Gasteiger partial charge in [-0.15, -0.1) is 0 Å². The molecule has 0 saturated heterocycles. The Morgan fingerprint density at radius 1 is 1.31 bits per heavy atom. The summed E-state index contributed by atoms with van der Waals surface area (Å²) in [7, 11) is 0. The van der Waals surface area contributed by atoms with Crippen molar-refractivity contribution < 1.29 is 0 Å². The molecule has 2 nitrogen and oxygen atoms in total. The summed E-state index contributed by atoms with van der Waals surface area (Å²) in [5.74, 6) is 0. The van der Waals surface area contributed by atoms with Gasteiger partial charge in [0, 0.05) is 22.9 Å². The van der Waals surface area contributed by atoms with Crippen LogP contribution in [0.25, 0.3) is 0 Å². The smallest absolute Gasteiger partial charge is 0.0410 e. The number of halogens is 1. The first-order valence-corrected chi connectivity index (χ1v) is 6.83. The lowest BCUT2D eigenvalue weighted by Crippen LogP contribution is -2.25. The molecule has 0 aliphatic rings. The third kappa shape index (κ3) is 3.40. The molecular formula is C12H13BrN2S. The predicted molar refractivity (Wildman–Crippen MR) is 71.6 cm³/mol. The van der Waals surface area contributed by atoms with Crippen molar-refractivity contribution >= 4 is 27.3 Å². The molecule has 2 rings (SSSR count). The fourth-order valence-electron chi connectivity index (χ4n) is 1.65. The van der Waals surface area contributed by atoms with Crippen LogP contribution < -0.4 is 5.73 Å². The molecule has 2 aromatic rings. The van der Waals surface area contributed by atoms with Gasteiger partial charge in [-0.25, -0.2) is 0 Å². The van der Waals surface area contributed by atoms with Crippen molar-refractivity contribution in [1.82, 2.24) is 4.98 Å². The standard InChI is InChI=1S/C12H13BrN2S/c13-11-3-10(6-15-7-11)5-12(14)4-9-1-2-16-8-9/h1-3,6-8,12H,4-5,14H2. The average Bonchev–Trinajstić information content (AvgIpc) is 2.70. The van der Waals surface area contributed by atoms with Crippen LogP contribution in [0.4, 0.5) is 0 Å². The van der Waals surface area contributed by atoms with Crippen molar-refractivity contribution in [1.29, 1.82) is 0 Å². The number of pyridine rings is 1. The van der Waals surface area contributed by atoms with E-state index in [9.17, 15) is 0 Å². The van der Waals surface area contributed by atoms with Crippen LogP contribution >= 0.6 is 27.3 Å². The van der Waals surface area contributed by atoms with Crippen molar-refractivity contribution in [3.8, 4) is 0 Å². The quantitative estimate of drug-likeness (QED) is 0.942. The zero-order valence-corrected chi connectivity index (χ0v) is 11.2. The number of thiophene rings is 1. The Balaban J connectivity index is 1.94. The number of hydrogen-bond acceptors (Lipinski definition) is 3. The maximum atomic E-state index is 6.11. The van der Waals surface area contributed by atoms with Crippen molar-refractivity contribution in [2.45, 2.75) is 18.9 Å². The van der Waals surface area contributed by atoms with E-state index in [0.29, 0.717) is 0 Å². The van der Waals surface area contributed by atoms with Crippen molar-refractivity contribution in [2.24, 2.45) is 5.73 Å². The maximum Gasteiger partial charge on any atom is 0.0410 e. The van der Waals surface area contributed by atoms with Crippen LogP contribution in [0.3, 0.4) is 0 Å². The molecule has 2 N–H and O–H groups in total. The Morgan fingerprint density at radius 3 is 2.81 bits per heavy atom. The van der Waals surface area contributed by atoms with E-state index in [1.807, 2.05) is 6.20 Å². The van der Waals surface area contributed by atoms with Gasteiger partial charge in [0.05, 0.1) is 0 Å². The van der Waals surface area contributed by atoms with Gasteiger partial charge in [-0.1, -0.05) is 0 Å². The predicted octanol–water partition coefficient (Wildman–Crippen LogP) is 3.02. The monoisotopic (exact) mass is 296 g/mol. The van der Waals surface area contributed by atoms with E-state index in [4.69, 9.17) is 5.73 Å². The molecule has 0 aromatic carbocycles. The first-order valence-electron chi connectivity index (χ1n) is 5.10. The van der Waals surface area contributed by atoms with Gasteiger partial charge in [0.2, 0.25) is 0 Å². The molecule has 0 radical (unpaired) electrons. The van der Waals surface area contributed by atoms with Crippen LogP contribution in [-0.2, 0) is 12.8 Å². The Hall–Kier alpha value is -0.710. The summed E-state index contributed by atoms with van der Waals surface area (Å²) in [6, 6.07) is 4.36. The Kier molecular flexibility index (Phi) is 4.09. The minimum Gasteiger partial charge on any atom is -0.327 e. The van der Waals surface area contributed by atoms with Crippen LogP contribution in [0.15, 0.2) is 39.8 Å². The summed E-state index contributed by atoms with van der Waals surface area (Å²) in [6.45, 7) is 0. The van der Waals surface area contributed by atoms with Gasteiger partial charge in [0.15, 0.2) is 0 Å². The molecular weight excluding hydrogens is 284 g/mol. The van der Waals surface area contributed by atoms with E-state index in [2.05, 4.69) is 43.8 Å². The topological polar surface area (TPSA) is 38.9 Å². The molecule has 2 aromatic heterocycles. The molecule has 0 aliphatic heterocycles. The minimum absolute atomic E-state index is 0.158. The van der Waals surface area contributed by atoms with Gasteiger partial charge in [0.1, 0.15) is 0 Å². The van der Waals surface area contributed by atoms with Crippen molar-refractivity contribution in [3.63, 3.8) is 0 Å². The Labute approximate surface area is 108 Å². The van der Waals surface area contributed by atoms with Crippen LogP contribution in [0.5, 0.6) is 0 Å². The summed E-state index contributed by atoms with van der Waals surface area (Å²) < 4.78 is 1.01. The maximum absolute atomic E-state index is 6.11. The third-order valence-corrected chi connectivity index (χ3v) is 3.50. The SMILES string of the molecule is NC(Cc1ccsc1)Cc1cncc(Br)c1. The third-order valence-electron chi connectivity index (χ3n) is 2.34. The molecule has 0 aliphatic carbocycles. The molecule has 0 amide bonds. The second kappa shape index (κ2) is 5.57. The van der Waals surface area contributed by atoms with Gasteiger partial charge in [-0.3, -0.25) is 4.98 Å². The second-order valence-electron chi connectivity index (χ2n) is 3.81. The molecule has 2 heterocycles. The Bertz CT molecular complexity index is 442. The summed E-state index contributed by atoms with van der Waals surface area (Å²) in [6.07, 6.45) is 5.45. The molecule has 0 fully saturated rings. The number of hydrogen-bond donors (Lipinski definition) is 1. The van der Waals surface area contributed by atoms with Gasteiger partial charge in [0.25, 0.3) is 0 Å². The molecule has 0 saturated carbocycles. The largest absolute Gasteiger partial charge is 0.327 e. The zero-order chi connectivity index (χ0) is 11.4. The highest BCUT2D eigenvalue weighted by Crippen LogP contribution is 2.13. The summed E-state index contributed by atoms with van der Waals surface area (Å²) in [4.78, 5) is 4.13. The van der Waals surface area contributed by atoms with E-state index in [0.717, 1.165) is 17.3 Å². The Morgan fingerprint density at radius 2 is 2.12 bits per heavy atom. The summed E-state index contributed by atoms with van der Waals surface area (Å²) >= 11 is 5.13. The van der Waals surface area contributed by atoms with Gasteiger partial charge >= 0.3 is 0 Å². The van der Waals surface area contributed by atoms with Gasteiger partial charge < -0.3 is 5.73 Å². The lowest BCUT2D eigenvalue weighted by Gasteiger charge is -2.10. The summed E-state index contributed by atoms with van der Waals surface area (Å²) in [5.41, 5.74) is 8.61. The van der Waals surface area contributed by atoms with Gasteiger partial charge in [-0.05, 0) is 62.8 Å². The molecule has 1 atom stereocenters. The van der Waals surface area contributed by atoms with Crippen LogP contribution in [0, 0.1) is 0 Å². The number of aromatic nitrogens is 1. The highest BCUT2D eigenvalue weighted by Gasteiger charge is 2.06. The summed E-state index contributed by atoms with van der Waals surface area (Å²) in [5, 5.41) is 4.24. The molecule has 16 heavy (non-hydrogen) atoms. The number of nitrogens with two attached hydrogens (primary N) is 1. The van der Waals surface area contributed by atoms with E-state index >= 15 is 0 Å². The zero-order valence-electron chi connectivity index (χ0n) is 8.77. The van der Waals surface area contributed by atoms with E-state index in [1.165, 1.54) is 11.1 Å². The lowest BCUT2D eigenvalue weighted by atomic mass is 10.0. The fourth-order valence-corrected chi connectivity index (χ4v) is 2.75. The first kappa shape index (κ1) is 11.8. The van der Waals surface area contributed by atoms with Crippen LogP contribution in [0.2, 0.25) is 0 Å². The highest BCUT2D eigenvalue weighted by atomic mass is 79.9.